The van der Waals surface area contributed by atoms with Gasteiger partial charge in [0.1, 0.15) is 17.9 Å². The fraction of sp³-hybridized carbons (Fsp3) is 0.129. The van der Waals surface area contributed by atoms with E-state index in [4.69, 9.17) is 21.4 Å². The Labute approximate surface area is 232 Å². The van der Waals surface area contributed by atoms with Gasteiger partial charge in [-0.15, -0.1) is 5.10 Å². The van der Waals surface area contributed by atoms with Gasteiger partial charge in [-0.3, -0.25) is 0 Å². The Balaban J connectivity index is 1.57. The molecule has 5 nitrogen and oxygen atoms in total. The quantitative estimate of drug-likeness (QED) is 0.198. The normalized spacial score (nSPS) is 11.5. The van der Waals surface area contributed by atoms with Crippen LogP contribution in [-0.2, 0) is 19.0 Å². The summed E-state index contributed by atoms with van der Waals surface area (Å²) in [5.74, 6) is -4.33. The van der Waals surface area contributed by atoms with Gasteiger partial charge in [-0.05, 0) is 35.4 Å². The Morgan fingerprint density at radius 2 is 1.70 bits per heavy atom. The standard InChI is InChI=1S/C31H22ClF3N2O3/c32-26-16-21(30(38)39)12-13-22(26)17-40-23-9-4-8-20(15-23)28-24-10-5-11-25(31(34,35)18-33)29(24)37-36-27(28)14-19-6-2-1-3-7-19/h1-13,15-16H,14,17-18H2,(H,38,39). The van der Waals surface area contributed by atoms with Crippen LogP contribution in [0.1, 0.15) is 32.7 Å². The van der Waals surface area contributed by atoms with Crippen molar-refractivity contribution in [3.63, 3.8) is 0 Å². The second-order valence-corrected chi connectivity index (χ2v) is 9.56. The number of ether oxygens (including phenoxy) is 1. The van der Waals surface area contributed by atoms with E-state index >= 15 is 0 Å². The second kappa shape index (κ2) is 11.4. The molecule has 0 spiro atoms. The molecule has 4 aromatic carbocycles. The highest BCUT2D eigenvalue weighted by Gasteiger charge is 2.34. The van der Waals surface area contributed by atoms with E-state index < -0.39 is 24.1 Å². The first-order valence-electron chi connectivity index (χ1n) is 12.3. The summed E-state index contributed by atoms with van der Waals surface area (Å²) in [4.78, 5) is 11.2. The largest absolute Gasteiger partial charge is 0.489 e. The average molecular weight is 563 g/mol. The van der Waals surface area contributed by atoms with Crippen LogP contribution < -0.4 is 4.74 Å². The Morgan fingerprint density at radius 1 is 0.925 bits per heavy atom. The van der Waals surface area contributed by atoms with Crippen molar-refractivity contribution in [2.24, 2.45) is 0 Å². The molecule has 0 aliphatic heterocycles. The van der Waals surface area contributed by atoms with Gasteiger partial charge in [-0.25, -0.2) is 9.18 Å². The van der Waals surface area contributed by atoms with Crippen molar-refractivity contribution in [1.29, 1.82) is 0 Å². The van der Waals surface area contributed by atoms with E-state index in [1.54, 1.807) is 30.3 Å². The molecule has 1 N–H and O–H groups in total. The number of hydrogen-bond acceptors (Lipinski definition) is 4. The number of halogens is 4. The molecule has 0 atom stereocenters. The summed E-state index contributed by atoms with van der Waals surface area (Å²) in [5, 5.41) is 18.3. The van der Waals surface area contributed by atoms with Crippen molar-refractivity contribution in [3.05, 3.63) is 124 Å². The number of fused-ring (bicyclic) bond motifs is 1. The highest BCUT2D eigenvalue weighted by Crippen LogP contribution is 2.38. The smallest absolute Gasteiger partial charge is 0.335 e. The molecule has 0 fully saturated rings. The number of benzene rings is 4. The predicted octanol–water partition coefficient (Wildman–Crippen LogP) is 7.88. The van der Waals surface area contributed by atoms with Crippen molar-refractivity contribution < 1.29 is 27.8 Å². The fourth-order valence-corrected chi connectivity index (χ4v) is 4.71. The highest BCUT2D eigenvalue weighted by molar-refractivity contribution is 6.31. The Hall–Kier alpha value is -4.43. The first-order valence-corrected chi connectivity index (χ1v) is 12.7. The predicted molar refractivity (Wildman–Crippen MR) is 147 cm³/mol. The van der Waals surface area contributed by atoms with E-state index in [1.165, 1.54) is 18.2 Å². The maximum atomic E-state index is 14.5. The SMILES string of the molecule is O=C(O)c1ccc(COc2cccc(-c3c(Cc4ccccc4)nnc4c(C(F)(F)CF)cccc34)c2)c(Cl)c1. The van der Waals surface area contributed by atoms with Gasteiger partial charge in [0.2, 0.25) is 0 Å². The number of aromatic carboxylic acids is 1. The molecule has 1 aromatic heterocycles. The van der Waals surface area contributed by atoms with Crippen LogP contribution in [0.15, 0.2) is 91.0 Å². The number of nitrogens with zero attached hydrogens (tertiary/aromatic N) is 2. The summed E-state index contributed by atoms with van der Waals surface area (Å²) in [7, 11) is 0. The van der Waals surface area contributed by atoms with Crippen molar-refractivity contribution in [2.75, 3.05) is 6.67 Å². The fourth-order valence-electron chi connectivity index (χ4n) is 4.47. The number of alkyl halides is 3. The molecule has 5 rings (SSSR count). The summed E-state index contributed by atoms with van der Waals surface area (Å²) < 4.78 is 48.3. The van der Waals surface area contributed by atoms with E-state index in [1.807, 2.05) is 36.4 Å². The van der Waals surface area contributed by atoms with Crippen LogP contribution in [0.25, 0.3) is 22.0 Å². The highest BCUT2D eigenvalue weighted by atomic mass is 35.5. The minimum absolute atomic E-state index is 0.0662. The molecule has 0 saturated heterocycles. The van der Waals surface area contributed by atoms with Crippen LogP contribution in [0.4, 0.5) is 13.2 Å². The van der Waals surface area contributed by atoms with Crippen LogP contribution >= 0.6 is 11.6 Å². The molecular formula is C31H22ClF3N2O3. The van der Waals surface area contributed by atoms with E-state index in [2.05, 4.69) is 10.2 Å². The Morgan fingerprint density at radius 3 is 2.42 bits per heavy atom. The molecule has 40 heavy (non-hydrogen) atoms. The zero-order chi connectivity index (χ0) is 28.3. The van der Waals surface area contributed by atoms with Gasteiger partial charge in [0.05, 0.1) is 16.8 Å². The van der Waals surface area contributed by atoms with Gasteiger partial charge in [-0.2, -0.15) is 13.9 Å². The van der Waals surface area contributed by atoms with Crippen LogP contribution in [0, 0.1) is 0 Å². The third-order valence-corrected chi connectivity index (χ3v) is 6.81. The lowest BCUT2D eigenvalue weighted by atomic mass is 9.93. The zero-order valence-corrected chi connectivity index (χ0v) is 21.7. The van der Waals surface area contributed by atoms with Gasteiger partial charge in [0.15, 0.2) is 6.67 Å². The van der Waals surface area contributed by atoms with Crippen LogP contribution in [0.3, 0.4) is 0 Å². The molecule has 1 heterocycles. The van der Waals surface area contributed by atoms with Crippen molar-refractivity contribution in [2.45, 2.75) is 19.0 Å². The molecule has 0 saturated carbocycles. The summed E-state index contributed by atoms with van der Waals surface area (Å²) in [6.45, 7) is -1.78. The maximum Gasteiger partial charge on any atom is 0.335 e. The topological polar surface area (TPSA) is 72.3 Å². The minimum Gasteiger partial charge on any atom is -0.489 e. The van der Waals surface area contributed by atoms with E-state index in [9.17, 15) is 18.0 Å². The molecule has 0 aliphatic carbocycles. The van der Waals surface area contributed by atoms with Crippen LogP contribution in [0.5, 0.6) is 5.75 Å². The summed E-state index contributed by atoms with van der Waals surface area (Å²) in [5.41, 5.74) is 2.80. The second-order valence-electron chi connectivity index (χ2n) is 9.15. The lowest BCUT2D eigenvalue weighted by molar-refractivity contribution is -0.0268. The number of aromatic nitrogens is 2. The monoisotopic (exact) mass is 562 g/mol. The minimum atomic E-state index is -3.72. The average Bonchev–Trinajstić information content (AvgIpc) is 2.96. The Bertz CT molecular complexity index is 1700. The summed E-state index contributed by atoms with van der Waals surface area (Å²) >= 11 is 6.25. The van der Waals surface area contributed by atoms with E-state index in [0.717, 1.165) is 11.6 Å². The summed E-state index contributed by atoms with van der Waals surface area (Å²) in [6.07, 6.45) is 0.388. The lowest BCUT2D eigenvalue weighted by Gasteiger charge is -2.18. The van der Waals surface area contributed by atoms with Crippen molar-refractivity contribution in [1.82, 2.24) is 10.2 Å². The Kier molecular flexibility index (Phi) is 7.71. The first kappa shape index (κ1) is 27.1. The molecular weight excluding hydrogens is 541 g/mol. The number of rotatable bonds is 9. The summed E-state index contributed by atoms with van der Waals surface area (Å²) in [6, 6.07) is 25.3. The lowest BCUT2D eigenvalue weighted by Crippen LogP contribution is -2.17. The van der Waals surface area contributed by atoms with Gasteiger partial charge in [0.25, 0.3) is 0 Å². The molecule has 9 heteroatoms. The van der Waals surface area contributed by atoms with Gasteiger partial charge >= 0.3 is 11.9 Å². The van der Waals surface area contributed by atoms with Crippen LogP contribution in [-0.4, -0.2) is 27.9 Å². The zero-order valence-electron chi connectivity index (χ0n) is 21.0. The van der Waals surface area contributed by atoms with Crippen molar-refractivity contribution in [3.8, 4) is 16.9 Å². The van der Waals surface area contributed by atoms with E-state index in [-0.39, 0.29) is 22.7 Å². The van der Waals surface area contributed by atoms with Crippen molar-refractivity contribution >= 4 is 28.5 Å². The maximum absolute atomic E-state index is 14.5. The number of hydrogen-bond donors (Lipinski definition) is 1. The number of carboxylic acids is 1. The molecule has 0 unspecified atom stereocenters. The van der Waals surface area contributed by atoms with E-state index in [0.29, 0.717) is 39.9 Å². The third-order valence-electron chi connectivity index (χ3n) is 6.46. The first-order chi connectivity index (χ1) is 19.3. The van der Waals surface area contributed by atoms with Crippen LogP contribution in [0.2, 0.25) is 5.02 Å². The third kappa shape index (κ3) is 5.62. The number of carbonyl (C=O) groups is 1. The van der Waals surface area contributed by atoms with Gasteiger partial charge < -0.3 is 9.84 Å². The molecule has 202 valence electrons. The van der Waals surface area contributed by atoms with Gasteiger partial charge in [-0.1, -0.05) is 78.3 Å². The molecule has 0 radical (unpaired) electrons. The molecule has 0 aliphatic rings. The molecule has 0 amide bonds. The molecule has 5 aromatic rings. The number of carboxylic acid groups (broad SMARTS) is 1. The molecule has 0 bridgehead atoms. The van der Waals surface area contributed by atoms with Gasteiger partial charge in [0, 0.05) is 28.0 Å².